The summed E-state index contributed by atoms with van der Waals surface area (Å²) < 4.78 is 0. The SMILES string of the molecule is Cc1cccc(C=C2Sc3ccc(C(=O)NCCc4ccccc4)cc3NC2=O)c1. The largest absolute Gasteiger partial charge is 0.352 e. The fourth-order valence-corrected chi connectivity index (χ4v) is 4.21. The highest BCUT2D eigenvalue weighted by molar-refractivity contribution is 8.04. The van der Waals surface area contributed by atoms with Crippen LogP contribution in [-0.2, 0) is 11.2 Å². The van der Waals surface area contributed by atoms with Crippen molar-refractivity contribution in [3.8, 4) is 0 Å². The number of benzene rings is 3. The van der Waals surface area contributed by atoms with Gasteiger partial charge >= 0.3 is 0 Å². The van der Waals surface area contributed by atoms with Crippen LogP contribution in [0.25, 0.3) is 6.08 Å². The summed E-state index contributed by atoms with van der Waals surface area (Å²) in [6.45, 7) is 2.59. The van der Waals surface area contributed by atoms with Crippen molar-refractivity contribution in [2.75, 3.05) is 11.9 Å². The molecule has 2 N–H and O–H groups in total. The third-order valence-electron chi connectivity index (χ3n) is 4.82. The Kier molecular flexibility index (Phi) is 6.00. The number of amides is 2. The Balaban J connectivity index is 1.43. The highest BCUT2D eigenvalue weighted by Gasteiger charge is 2.22. The minimum atomic E-state index is -0.157. The van der Waals surface area contributed by atoms with Gasteiger partial charge in [0.05, 0.1) is 10.6 Å². The van der Waals surface area contributed by atoms with Crippen molar-refractivity contribution in [2.24, 2.45) is 0 Å². The van der Waals surface area contributed by atoms with E-state index in [1.807, 2.05) is 73.7 Å². The molecular weight excluding hydrogens is 392 g/mol. The lowest BCUT2D eigenvalue weighted by Gasteiger charge is -2.19. The maximum atomic E-state index is 12.6. The third-order valence-corrected chi connectivity index (χ3v) is 5.91. The first kappa shape index (κ1) is 20.0. The molecule has 4 rings (SSSR count). The molecule has 5 heteroatoms. The maximum absolute atomic E-state index is 12.6. The summed E-state index contributed by atoms with van der Waals surface area (Å²) >= 11 is 1.42. The average Bonchev–Trinajstić information content (AvgIpc) is 2.75. The standard InChI is InChI=1S/C25H22N2O2S/c1-17-6-5-9-19(14-17)15-23-25(29)27-21-16-20(10-11-22(21)30-23)24(28)26-13-12-18-7-3-2-4-8-18/h2-11,14-16H,12-13H2,1H3,(H,26,28)(H,27,29). The number of hydrogen-bond acceptors (Lipinski definition) is 3. The zero-order valence-corrected chi connectivity index (χ0v) is 17.5. The normalized spacial score (nSPS) is 14.2. The van der Waals surface area contributed by atoms with Crippen LogP contribution in [0.5, 0.6) is 0 Å². The number of carbonyl (C=O) groups excluding carboxylic acids is 2. The highest BCUT2D eigenvalue weighted by Crippen LogP contribution is 2.39. The Hall–Kier alpha value is -3.31. The molecule has 0 unspecified atom stereocenters. The molecule has 30 heavy (non-hydrogen) atoms. The molecule has 0 saturated heterocycles. The van der Waals surface area contributed by atoms with E-state index in [0.717, 1.165) is 22.4 Å². The lowest BCUT2D eigenvalue weighted by Crippen LogP contribution is -2.26. The summed E-state index contributed by atoms with van der Waals surface area (Å²) in [5.74, 6) is -0.301. The molecule has 0 saturated carbocycles. The predicted molar refractivity (Wildman–Crippen MR) is 123 cm³/mol. The predicted octanol–water partition coefficient (Wildman–Crippen LogP) is 5.05. The van der Waals surface area contributed by atoms with E-state index in [1.165, 1.54) is 17.3 Å². The summed E-state index contributed by atoms with van der Waals surface area (Å²) in [7, 11) is 0. The van der Waals surface area contributed by atoms with Crippen LogP contribution in [0.15, 0.2) is 82.6 Å². The minimum Gasteiger partial charge on any atom is -0.352 e. The summed E-state index contributed by atoms with van der Waals surface area (Å²) in [5, 5.41) is 5.86. The molecule has 0 atom stereocenters. The van der Waals surface area contributed by atoms with Crippen molar-refractivity contribution >= 4 is 35.3 Å². The fourth-order valence-electron chi connectivity index (χ4n) is 3.28. The first-order chi connectivity index (χ1) is 14.6. The molecule has 3 aromatic carbocycles. The topological polar surface area (TPSA) is 58.2 Å². The van der Waals surface area contributed by atoms with Crippen LogP contribution < -0.4 is 10.6 Å². The van der Waals surface area contributed by atoms with Crippen molar-refractivity contribution < 1.29 is 9.59 Å². The molecule has 1 aliphatic rings. The molecular formula is C25H22N2O2S. The zero-order valence-electron chi connectivity index (χ0n) is 16.6. The van der Waals surface area contributed by atoms with Gasteiger partial charge in [-0.2, -0.15) is 0 Å². The van der Waals surface area contributed by atoms with Crippen molar-refractivity contribution in [1.29, 1.82) is 0 Å². The molecule has 0 radical (unpaired) electrons. The van der Waals surface area contributed by atoms with Crippen LogP contribution in [0.4, 0.5) is 5.69 Å². The number of rotatable bonds is 5. The van der Waals surface area contributed by atoms with Gasteiger partial charge in [-0.05, 0) is 48.7 Å². The van der Waals surface area contributed by atoms with E-state index in [9.17, 15) is 9.59 Å². The maximum Gasteiger partial charge on any atom is 0.262 e. The van der Waals surface area contributed by atoms with Gasteiger partial charge in [-0.15, -0.1) is 0 Å². The second kappa shape index (κ2) is 9.01. The second-order valence-electron chi connectivity index (χ2n) is 7.18. The number of aryl methyl sites for hydroxylation is 1. The van der Waals surface area contributed by atoms with Crippen LogP contribution in [0, 0.1) is 6.92 Å². The van der Waals surface area contributed by atoms with Crippen LogP contribution in [0.2, 0.25) is 0 Å². The number of anilines is 1. The molecule has 0 fully saturated rings. The second-order valence-corrected chi connectivity index (χ2v) is 8.27. The molecule has 2 amide bonds. The van der Waals surface area contributed by atoms with Gasteiger partial charge in [0.25, 0.3) is 11.8 Å². The van der Waals surface area contributed by atoms with E-state index in [2.05, 4.69) is 10.6 Å². The Labute approximate surface area is 180 Å². The summed E-state index contributed by atoms with van der Waals surface area (Å²) in [6.07, 6.45) is 2.66. The zero-order chi connectivity index (χ0) is 20.9. The van der Waals surface area contributed by atoms with Crippen molar-refractivity contribution in [1.82, 2.24) is 5.32 Å². The van der Waals surface area contributed by atoms with Crippen LogP contribution in [0.3, 0.4) is 0 Å². The van der Waals surface area contributed by atoms with Gasteiger partial charge < -0.3 is 10.6 Å². The molecule has 0 spiro atoms. The number of fused-ring (bicyclic) bond motifs is 1. The smallest absolute Gasteiger partial charge is 0.262 e. The van der Waals surface area contributed by atoms with Crippen LogP contribution >= 0.6 is 11.8 Å². The number of thioether (sulfide) groups is 1. The lowest BCUT2D eigenvalue weighted by molar-refractivity contribution is -0.112. The molecule has 150 valence electrons. The summed E-state index contributed by atoms with van der Waals surface area (Å²) in [6, 6.07) is 23.5. The quantitative estimate of drug-likeness (QED) is 0.574. The van der Waals surface area contributed by atoms with Gasteiger partial charge in [-0.1, -0.05) is 71.9 Å². The number of hydrogen-bond donors (Lipinski definition) is 2. The highest BCUT2D eigenvalue weighted by atomic mass is 32.2. The molecule has 1 aliphatic heterocycles. The average molecular weight is 415 g/mol. The van der Waals surface area contributed by atoms with Crippen molar-refractivity contribution in [2.45, 2.75) is 18.2 Å². The van der Waals surface area contributed by atoms with E-state index in [-0.39, 0.29) is 11.8 Å². The van der Waals surface area contributed by atoms with Gasteiger partial charge in [-0.3, -0.25) is 9.59 Å². The first-order valence-electron chi connectivity index (χ1n) is 9.82. The third kappa shape index (κ3) is 4.81. The minimum absolute atomic E-state index is 0.144. The van der Waals surface area contributed by atoms with Gasteiger partial charge in [0, 0.05) is 17.0 Å². The Morgan fingerprint density at radius 2 is 1.87 bits per heavy atom. The summed E-state index contributed by atoms with van der Waals surface area (Å²) in [4.78, 5) is 26.6. The molecule has 0 aromatic heterocycles. The fraction of sp³-hybridized carbons (Fsp3) is 0.120. The van der Waals surface area contributed by atoms with Gasteiger partial charge in [0.15, 0.2) is 0 Å². The van der Waals surface area contributed by atoms with Gasteiger partial charge in [0.1, 0.15) is 0 Å². The Bertz CT molecular complexity index is 1120. The van der Waals surface area contributed by atoms with Crippen LogP contribution in [-0.4, -0.2) is 18.4 Å². The van der Waals surface area contributed by atoms with Gasteiger partial charge in [-0.25, -0.2) is 0 Å². The van der Waals surface area contributed by atoms with Crippen molar-refractivity contribution in [3.63, 3.8) is 0 Å². The van der Waals surface area contributed by atoms with Crippen LogP contribution in [0.1, 0.15) is 27.0 Å². The first-order valence-corrected chi connectivity index (χ1v) is 10.6. The van der Waals surface area contributed by atoms with Gasteiger partial charge in [0.2, 0.25) is 0 Å². The Morgan fingerprint density at radius 3 is 2.67 bits per heavy atom. The number of carbonyl (C=O) groups is 2. The molecule has 0 bridgehead atoms. The van der Waals surface area contributed by atoms with Crippen molar-refractivity contribution in [3.05, 3.63) is 100.0 Å². The molecule has 3 aromatic rings. The molecule has 1 heterocycles. The van der Waals surface area contributed by atoms with E-state index < -0.39 is 0 Å². The monoisotopic (exact) mass is 414 g/mol. The molecule has 0 aliphatic carbocycles. The van der Waals surface area contributed by atoms with E-state index in [0.29, 0.717) is 22.7 Å². The van der Waals surface area contributed by atoms with E-state index in [1.54, 1.807) is 12.1 Å². The van der Waals surface area contributed by atoms with E-state index >= 15 is 0 Å². The number of nitrogens with one attached hydrogen (secondary N) is 2. The molecule has 4 nitrogen and oxygen atoms in total. The van der Waals surface area contributed by atoms with E-state index in [4.69, 9.17) is 0 Å². The lowest BCUT2D eigenvalue weighted by atomic mass is 10.1. The summed E-state index contributed by atoms with van der Waals surface area (Å²) in [5.41, 5.74) is 4.52. The Morgan fingerprint density at radius 1 is 1.03 bits per heavy atom.